The Hall–Kier alpha value is -0.590. The summed E-state index contributed by atoms with van der Waals surface area (Å²) in [5.41, 5.74) is 0. The summed E-state index contributed by atoms with van der Waals surface area (Å²) in [7, 11) is 1.79. The molecular formula is C7H12N2O. The summed E-state index contributed by atoms with van der Waals surface area (Å²) in [4.78, 5) is 0. The summed E-state index contributed by atoms with van der Waals surface area (Å²) in [6.45, 7) is 0.810. The first kappa shape index (κ1) is 7.52. The van der Waals surface area contributed by atoms with Crippen molar-refractivity contribution in [2.75, 3.05) is 13.7 Å². The van der Waals surface area contributed by atoms with Gasteiger partial charge in [0.05, 0.1) is 12.2 Å². The topological polar surface area (TPSA) is 45.0 Å². The largest absolute Gasteiger partial charge is 0.375 e. The molecule has 3 nitrogen and oxygen atoms in total. The Labute approximate surface area is 61.0 Å². The lowest BCUT2D eigenvalue weighted by Crippen LogP contribution is -2.35. The van der Waals surface area contributed by atoms with Gasteiger partial charge in [-0.1, -0.05) is 0 Å². The minimum absolute atomic E-state index is 0.120. The monoisotopic (exact) mass is 140 g/mol. The van der Waals surface area contributed by atoms with Crippen LogP contribution in [-0.4, -0.2) is 25.8 Å². The lowest BCUT2D eigenvalue weighted by molar-refractivity contribution is 0.0954. The molecule has 1 aliphatic heterocycles. The van der Waals surface area contributed by atoms with Gasteiger partial charge in [-0.25, -0.2) is 0 Å². The van der Waals surface area contributed by atoms with Crippen LogP contribution >= 0.6 is 0 Å². The van der Waals surface area contributed by atoms with Crippen molar-refractivity contribution in [1.82, 2.24) is 5.32 Å². The molecule has 1 rings (SSSR count). The number of nitrogens with zero attached hydrogens (tertiary/aromatic N) is 1. The molecule has 1 N–H and O–H groups in total. The van der Waals surface area contributed by atoms with Crippen molar-refractivity contribution in [3.05, 3.63) is 0 Å². The summed E-state index contributed by atoms with van der Waals surface area (Å²) in [5.74, 6) is 0. The fraction of sp³-hybridized carbons (Fsp3) is 0.857. The van der Waals surface area contributed by atoms with E-state index < -0.39 is 0 Å². The summed E-state index contributed by atoms with van der Waals surface area (Å²) in [5, 5.41) is 11.5. The van der Waals surface area contributed by atoms with Gasteiger partial charge < -0.3 is 10.1 Å². The Morgan fingerprint density at radius 3 is 3.00 bits per heavy atom. The minimum atomic E-state index is -0.123. The van der Waals surface area contributed by atoms with Crippen LogP contribution in [0.3, 0.4) is 0 Å². The van der Waals surface area contributed by atoms with Crippen molar-refractivity contribution in [3.8, 4) is 6.07 Å². The van der Waals surface area contributed by atoms with E-state index in [0.29, 0.717) is 0 Å². The van der Waals surface area contributed by atoms with Gasteiger partial charge in [0, 0.05) is 6.61 Å². The van der Waals surface area contributed by atoms with Crippen molar-refractivity contribution >= 4 is 0 Å². The average Bonchev–Trinajstić information content (AvgIpc) is 2.43. The standard InChI is InChI=1S/C7H12N2O/c1-9-6(5-8)7-3-2-4-10-7/h6-7,9H,2-4H2,1H3. The zero-order valence-corrected chi connectivity index (χ0v) is 6.13. The number of ether oxygens (including phenoxy) is 1. The third-order valence-electron chi connectivity index (χ3n) is 1.79. The fourth-order valence-electron chi connectivity index (χ4n) is 1.20. The number of likely N-dealkylation sites (N-methyl/N-ethyl adjacent to an activating group) is 1. The Kier molecular flexibility index (Phi) is 2.67. The normalized spacial score (nSPS) is 27.8. The smallest absolute Gasteiger partial charge is 0.122 e. The van der Waals surface area contributed by atoms with Crippen molar-refractivity contribution in [3.63, 3.8) is 0 Å². The molecule has 0 radical (unpaired) electrons. The minimum Gasteiger partial charge on any atom is -0.375 e. The van der Waals surface area contributed by atoms with Crippen LogP contribution in [0.2, 0.25) is 0 Å². The molecule has 1 fully saturated rings. The highest BCUT2D eigenvalue weighted by molar-refractivity contribution is 4.96. The molecule has 3 heteroatoms. The molecule has 0 aromatic carbocycles. The lowest BCUT2D eigenvalue weighted by Gasteiger charge is -2.13. The number of hydrogen-bond acceptors (Lipinski definition) is 3. The van der Waals surface area contributed by atoms with Crippen LogP contribution in [0.4, 0.5) is 0 Å². The first-order valence-electron chi connectivity index (χ1n) is 3.57. The summed E-state index contributed by atoms with van der Waals surface area (Å²) in [6.07, 6.45) is 2.22. The van der Waals surface area contributed by atoms with Crippen molar-refractivity contribution in [2.24, 2.45) is 0 Å². The highest BCUT2D eigenvalue weighted by Crippen LogP contribution is 2.14. The maximum absolute atomic E-state index is 8.59. The Bertz CT molecular complexity index is 135. The number of hydrogen-bond donors (Lipinski definition) is 1. The molecule has 1 aliphatic rings. The van der Waals surface area contributed by atoms with E-state index in [1.807, 2.05) is 0 Å². The van der Waals surface area contributed by atoms with Gasteiger partial charge in [-0.15, -0.1) is 0 Å². The molecule has 10 heavy (non-hydrogen) atoms. The summed E-state index contributed by atoms with van der Waals surface area (Å²) < 4.78 is 5.31. The zero-order valence-electron chi connectivity index (χ0n) is 6.13. The molecule has 1 heterocycles. The molecule has 1 saturated heterocycles. The molecule has 2 atom stereocenters. The van der Waals surface area contributed by atoms with Crippen LogP contribution in [0.25, 0.3) is 0 Å². The van der Waals surface area contributed by atoms with E-state index in [1.165, 1.54) is 0 Å². The van der Waals surface area contributed by atoms with E-state index in [0.717, 1.165) is 19.4 Å². The molecule has 0 saturated carbocycles. The average molecular weight is 140 g/mol. The maximum Gasteiger partial charge on any atom is 0.122 e. The SMILES string of the molecule is CNC(C#N)C1CCCO1. The van der Waals surface area contributed by atoms with Gasteiger partial charge in [-0.3, -0.25) is 0 Å². The third kappa shape index (κ3) is 1.47. The van der Waals surface area contributed by atoms with Crippen LogP contribution in [-0.2, 0) is 4.74 Å². The molecule has 2 unspecified atom stereocenters. The Balaban J connectivity index is 2.38. The molecule has 56 valence electrons. The molecule has 0 aromatic heterocycles. The van der Waals surface area contributed by atoms with Gasteiger partial charge in [-0.05, 0) is 19.9 Å². The van der Waals surface area contributed by atoms with Gasteiger partial charge in [0.2, 0.25) is 0 Å². The molecule has 0 aliphatic carbocycles. The fourth-order valence-corrected chi connectivity index (χ4v) is 1.20. The van der Waals surface area contributed by atoms with Crippen LogP contribution in [0, 0.1) is 11.3 Å². The maximum atomic E-state index is 8.59. The Morgan fingerprint density at radius 2 is 2.60 bits per heavy atom. The highest BCUT2D eigenvalue weighted by Gasteiger charge is 2.23. The summed E-state index contributed by atoms with van der Waals surface area (Å²) >= 11 is 0. The van der Waals surface area contributed by atoms with Gasteiger partial charge in [-0.2, -0.15) is 5.26 Å². The second-order valence-corrected chi connectivity index (χ2v) is 2.45. The predicted octanol–water partition coefficient (Wildman–Crippen LogP) is 0.277. The van der Waals surface area contributed by atoms with Crippen molar-refractivity contribution in [1.29, 1.82) is 5.26 Å². The van der Waals surface area contributed by atoms with Crippen LogP contribution < -0.4 is 5.32 Å². The van der Waals surface area contributed by atoms with Gasteiger partial charge in [0.25, 0.3) is 0 Å². The van der Waals surface area contributed by atoms with Crippen LogP contribution in [0.1, 0.15) is 12.8 Å². The van der Waals surface area contributed by atoms with E-state index >= 15 is 0 Å². The second-order valence-electron chi connectivity index (χ2n) is 2.45. The van der Waals surface area contributed by atoms with Gasteiger partial charge >= 0.3 is 0 Å². The first-order valence-corrected chi connectivity index (χ1v) is 3.57. The number of rotatable bonds is 2. The number of nitriles is 1. The molecular weight excluding hydrogens is 128 g/mol. The molecule has 0 bridgehead atoms. The van der Waals surface area contributed by atoms with E-state index in [2.05, 4.69) is 11.4 Å². The van der Waals surface area contributed by atoms with Crippen molar-refractivity contribution in [2.45, 2.75) is 25.0 Å². The lowest BCUT2D eigenvalue weighted by atomic mass is 10.1. The molecule has 0 spiro atoms. The van der Waals surface area contributed by atoms with Crippen LogP contribution in [0.15, 0.2) is 0 Å². The summed E-state index contributed by atoms with van der Waals surface area (Å²) in [6, 6.07) is 2.03. The molecule has 0 aromatic rings. The van der Waals surface area contributed by atoms with E-state index in [1.54, 1.807) is 7.05 Å². The molecule has 0 amide bonds. The van der Waals surface area contributed by atoms with E-state index in [-0.39, 0.29) is 12.1 Å². The third-order valence-corrected chi connectivity index (χ3v) is 1.79. The zero-order chi connectivity index (χ0) is 7.40. The van der Waals surface area contributed by atoms with Gasteiger partial charge in [0.1, 0.15) is 6.04 Å². The quantitative estimate of drug-likeness (QED) is 0.599. The highest BCUT2D eigenvalue weighted by atomic mass is 16.5. The van der Waals surface area contributed by atoms with E-state index in [4.69, 9.17) is 10.00 Å². The predicted molar refractivity (Wildman–Crippen MR) is 37.4 cm³/mol. The van der Waals surface area contributed by atoms with Gasteiger partial charge in [0.15, 0.2) is 0 Å². The van der Waals surface area contributed by atoms with Crippen molar-refractivity contribution < 1.29 is 4.74 Å². The number of nitrogens with one attached hydrogen (secondary N) is 1. The first-order chi connectivity index (χ1) is 4.88. The van der Waals surface area contributed by atoms with E-state index in [9.17, 15) is 0 Å². The van der Waals surface area contributed by atoms with Crippen LogP contribution in [0.5, 0.6) is 0 Å². The second kappa shape index (κ2) is 3.55. The Morgan fingerprint density at radius 1 is 1.80 bits per heavy atom.